The molecule has 1 aliphatic heterocycles. The van der Waals surface area contributed by atoms with Crippen molar-refractivity contribution in [2.45, 2.75) is 25.4 Å². The molecule has 0 spiro atoms. The van der Waals surface area contributed by atoms with Crippen LogP contribution in [0.2, 0.25) is 0 Å². The number of ether oxygens (including phenoxy) is 1. The van der Waals surface area contributed by atoms with E-state index in [9.17, 15) is 14.8 Å². The average Bonchev–Trinajstić information content (AvgIpc) is 2.04. The summed E-state index contributed by atoms with van der Waals surface area (Å²) in [6.07, 6.45) is -3.51. The van der Waals surface area contributed by atoms with E-state index in [-0.39, 0.29) is 6.61 Å². The van der Waals surface area contributed by atoms with Crippen LogP contribution in [0.4, 0.5) is 0 Å². The van der Waals surface area contributed by atoms with Crippen LogP contribution < -0.4 is 0 Å². The molecule has 4 atom stereocenters. The van der Waals surface area contributed by atoms with E-state index in [0.29, 0.717) is 0 Å². The molecule has 1 heterocycles. The lowest BCUT2D eigenvalue weighted by atomic mass is 9.96. The molecule has 0 amide bonds. The van der Waals surface area contributed by atoms with E-state index in [4.69, 9.17) is 14.5 Å². The van der Waals surface area contributed by atoms with Gasteiger partial charge in [-0.25, -0.2) is 4.57 Å². The van der Waals surface area contributed by atoms with E-state index in [2.05, 4.69) is 4.52 Å². The van der Waals surface area contributed by atoms with Crippen molar-refractivity contribution in [3.8, 4) is 0 Å². The Morgan fingerprint density at radius 2 is 2.00 bits per heavy atom. The molecule has 0 aromatic rings. The van der Waals surface area contributed by atoms with E-state index < -0.39 is 32.2 Å². The summed E-state index contributed by atoms with van der Waals surface area (Å²) in [5.74, 6) is -0.555. The van der Waals surface area contributed by atoms with Crippen LogP contribution in [0, 0.1) is 5.92 Å². The van der Waals surface area contributed by atoms with Gasteiger partial charge in [-0.2, -0.15) is 0 Å². The van der Waals surface area contributed by atoms with Crippen LogP contribution in [-0.4, -0.2) is 45.1 Å². The van der Waals surface area contributed by atoms with Crippen molar-refractivity contribution in [3.05, 3.63) is 0 Å². The minimum atomic E-state index is -4.68. The highest BCUT2D eigenvalue weighted by atomic mass is 31.2. The summed E-state index contributed by atoms with van der Waals surface area (Å²) in [4.78, 5) is 17.0. The van der Waals surface area contributed by atoms with Crippen LogP contribution in [0.5, 0.6) is 0 Å². The zero-order valence-electron chi connectivity index (χ0n) is 7.48. The maximum atomic E-state index is 10.5. The molecular formula is C6H13O7P. The summed E-state index contributed by atoms with van der Waals surface area (Å²) in [6.45, 7) is 1.41. The Labute approximate surface area is 80.5 Å². The van der Waals surface area contributed by atoms with E-state index >= 15 is 0 Å². The first-order valence-electron chi connectivity index (χ1n) is 4.03. The number of phosphoric acid groups is 1. The fraction of sp³-hybridized carbons (Fsp3) is 1.00. The molecule has 0 saturated carbocycles. The molecule has 0 unspecified atom stereocenters. The molecule has 1 rings (SSSR count). The molecule has 4 N–H and O–H groups in total. The molecule has 0 aromatic heterocycles. The van der Waals surface area contributed by atoms with Gasteiger partial charge < -0.3 is 24.7 Å². The second-order valence-electron chi connectivity index (χ2n) is 3.21. The molecule has 1 aliphatic rings. The summed E-state index contributed by atoms with van der Waals surface area (Å²) >= 11 is 0. The van der Waals surface area contributed by atoms with E-state index in [1.165, 1.54) is 6.92 Å². The summed E-state index contributed by atoms with van der Waals surface area (Å²) in [5, 5.41) is 18.6. The van der Waals surface area contributed by atoms with Gasteiger partial charge in [-0.05, 0) is 0 Å². The van der Waals surface area contributed by atoms with Crippen LogP contribution in [0.3, 0.4) is 0 Å². The first-order valence-corrected chi connectivity index (χ1v) is 5.56. The van der Waals surface area contributed by atoms with Gasteiger partial charge in [0.1, 0.15) is 6.10 Å². The number of aliphatic hydroxyl groups is 2. The van der Waals surface area contributed by atoms with Crippen molar-refractivity contribution in [2.24, 2.45) is 5.92 Å². The molecule has 0 radical (unpaired) electrons. The first-order chi connectivity index (χ1) is 6.31. The third-order valence-corrected chi connectivity index (χ3v) is 2.58. The van der Waals surface area contributed by atoms with Crippen LogP contribution in [0.15, 0.2) is 0 Å². The number of hydrogen-bond donors (Lipinski definition) is 4. The molecular weight excluding hydrogens is 215 g/mol. The monoisotopic (exact) mass is 228 g/mol. The van der Waals surface area contributed by atoms with Gasteiger partial charge in [-0.1, -0.05) is 6.92 Å². The van der Waals surface area contributed by atoms with Crippen molar-refractivity contribution in [2.75, 3.05) is 6.61 Å². The van der Waals surface area contributed by atoms with Crippen molar-refractivity contribution < 1.29 is 33.8 Å². The fourth-order valence-corrected chi connectivity index (χ4v) is 1.60. The Balaban J connectivity index is 2.60. The molecule has 0 aliphatic carbocycles. The third-order valence-electron chi connectivity index (χ3n) is 2.10. The molecule has 14 heavy (non-hydrogen) atoms. The maximum absolute atomic E-state index is 10.5. The Hall–Kier alpha value is -0.0100. The molecule has 84 valence electrons. The van der Waals surface area contributed by atoms with Crippen molar-refractivity contribution in [1.82, 2.24) is 0 Å². The second kappa shape index (κ2) is 4.24. The lowest BCUT2D eigenvalue weighted by Gasteiger charge is -2.35. The molecule has 1 fully saturated rings. The minimum Gasteiger partial charge on any atom is -0.390 e. The molecule has 8 heteroatoms. The maximum Gasteiger partial charge on any atom is 0.472 e. The van der Waals surface area contributed by atoms with Crippen LogP contribution in [0.1, 0.15) is 6.92 Å². The predicted molar refractivity (Wildman–Crippen MR) is 44.0 cm³/mol. The van der Waals surface area contributed by atoms with Gasteiger partial charge in [-0.15, -0.1) is 0 Å². The topological polar surface area (TPSA) is 116 Å². The van der Waals surface area contributed by atoms with Crippen molar-refractivity contribution in [3.63, 3.8) is 0 Å². The number of aliphatic hydroxyl groups excluding tert-OH is 2. The number of phosphoric ester groups is 1. The predicted octanol–water partition coefficient (Wildman–Crippen LogP) is -1.19. The van der Waals surface area contributed by atoms with E-state index in [1.54, 1.807) is 0 Å². The van der Waals surface area contributed by atoms with Crippen LogP contribution >= 0.6 is 7.82 Å². The largest absolute Gasteiger partial charge is 0.472 e. The zero-order valence-corrected chi connectivity index (χ0v) is 8.37. The molecule has 1 saturated heterocycles. The Kier molecular flexibility index (Phi) is 3.65. The van der Waals surface area contributed by atoms with Gasteiger partial charge in [0, 0.05) is 5.92 Å². The smallest absolute Gasteiger partial charge is 0.390 e. The summed E-state index contributed by atoms with van der Waals surface area (Å²) in [5.41, 5.74) is 0. The zero-order chi connectivity index (χ0) is 10.9. The quantitative estimate of drug-likeness (QED) is 0.439. The normalized spacial score (nSPS) is 39.8. The Morgan fingerprint density at radius 3 is 2.50 bits per heavy atom. The van der Waals surface area contributed by atoms with Crippen LogP contribution in [0.25, 0.3) is 0 Å². The highest BCUT2D eigenvalue weighted by Crippen LogP contribution is 2.40. The molecule has 0 aromatic carbocycles. The van der Waals surface area contributed by atoms with Gasteiger partial charge in [0.05, 0.1) is 12.7 Å². The fourth-order valence-electron chi connectivity index (χ4n) is 1.15. The van der Waals surface area contributed by atoms with Gasteiger partial charge in [0.25, 0.3) is 0 Å². The number of rotatable bonds is 2. The number of hydrogen-bond acceptors (Lipinski definition) is 5. The summed E-state index contributed by atoms with van der Waals surface area (Å²) in [7, 11) is -4.68. The van der Waals surface area contributed by atoms with Gasteiger partial charge >= 0.3 is 7.82 Å². The van der Waals surface area contributed by atoms with E-state index in [0.717, 1.165) is 0 Å². The van der Waals surface area contributed by atoms with Crippen molar-refractivity contribution >= 4 is 7.82 Å². The lowest BCUT2D eigenvalue weighted by Crippen LogP contribution is -2.48. The second-order valence-corrected chi connectivity index (χ2v) is 4.41. The highest BCUT2D eigenvalue weighted by Gasteiger charge is 2.39. The Bertz CT molecular complexity index is 238. The van der Waals surface area contributed by atoms with Gasteiger partial charge in [0.2, 0.25) is 0 Å². The van der Waals surface area contributed by atoms with Gasteiger partial charge in [0.15, 0.2) is 6.29 Å². The standard InChI is InChI=1S/C6H13O7P/c1-3-4(7)2-12-6(5(3)8)13-14(9,10)11/h3-8H,2H2,1H3,(H2,9,10,11)/t3-,4+,5+,6+/m0/s1. The van der Waals surface area contributed by atoms with Crippen LogP contribution in [-0.2, 0) is 13.8 Å². The SMILES string of the molecule is C[C@@H]1[C@@H](O)[C@@H](OP(=O)(O)O)OC[C@H]1O. The lowest BCUT2D eigenvalue weighted by molar-refractivity contribution is -0.226. The minimum absolute atomic E-state index is 0.122. The highest BCUT2D eigenvalue weighted by molar-refractivity contribution is 7.46. The average molecular weight is 228 g/mol. The molecule has 0 bridgehead atoms. The van der Waals surface area contributed by atoms with Gasteiger partial charge in [-0.3, -0.25) is 4.52 Å². The molecule has 7 nitrogen and oxygen atoms in total. The first kappa shape index (κ1) is 12.1. The summed E-state index contributed by atoms with van der Waals surface area (Å²) < 4.78 is 19.4. The van der Waals surface area contributed by atoms with Crippen molar-refractivity contribution in [1.29, 1.82) is 0 Å². The Morgan fingerprint density at radius 1 is 1.43 bits per heavy atom. The van der Waals surface area contributed by atoms with E-state index in [1.807, 2.05) is 0 Å². The summed E-state index contributed by atoms with van der Waals surface area (Å²) in [6, 6.07) is 0. The third kappa shape index (κ3) is 2.99.